The predicted octanol–water partition coefficient (Wildman–Crippen LogP) is 4.90. The molecule has 5 rings (SSSR count). The number of Topliss-reactive ketones (excluding diaryl/α,β-unsaturated/α-hetero) is 1. The number of rotatable bonds is 1. The average Bonchev–Trinajstić information content (AvgIpc) is 3.19. The summed E-state index contributed by atoms with van der Waals surface area (Å²) < 4.78 is 12.2. The van der Waals surface area contributed by atoms with E-state index in [2.05, 4.69) is 26.8 Å². The molecule has 3 saturated carbocycles. The predicted molar refractivity (Wildman–Crippen MR) is 101 cm³/mol. The minimum absolute atomic E-state index is 0.278. The molecule has 1 aliphatic heterocycles. The molecule has 3 heteroatoms. The Labute approximate surface area is 157 Å². The first-order valence-electron chi connectivity index (χ1n) is 10.9. The van der Waals surface area contributed by atoms with Crippen molar-refractivity contribution in [3.05, 3.63) is 11.6 Å². The maximum atomic E-state index is 12.0. The van der Waals surface area contributed by atoms with Crippen molar-refractivity contribution < 1.29 is 14.3 Å². The maximum absolute atomic E-state index is 12.0. The molecule has 0 aromatic carbocycles. The number of carbonyl (C=O) groups excluding carboxylic acids is 1. The molecule has 1 saturated heterocycles. The second kappa shape index (κ2) is 5.67. The molecule has 0 N–H and O–H groups in total. The first-order valence-corrected chi connectivity index (χ1v) is 10.9. The van der Waals surface area contributed by atoms with E-state index in [1.807, 2.05) is 0 Å². The largest absolute Gasteiger partial charge is 0.348 e. The third-order valence-corrected chi connectivity index (χ3v) is 9.43. The van der Waals surface area contributed by atoms with Gasteiger partial charge in [0.25, 0.3) is 0 Å². The summed E-state index contributed by atoms with van der Waals surface area (Å²) in [6.07, 6.45) is 11.4. The molecule has 4 fully saturated rings. The summed E-state index contributed by atoms with van der Waals surface area (Å²) in [4.78, 5) is 12.0. The molecule has 2 unspecified atom stereocenters. The molecule has 4 aliphatic carbocycles. The normalized spacial score (nSPS) is 50.0. The second-order valence-electron chi connectivity index (χ2n) is 10.4. The van der Waals surface area contributed by atoms with Gasteiger partial charge in [-0.1, -0.05) is 25.5 Å². The van der Waals surface area contributed by atoms with Crippen molar-refractivity contribution in [2.75, 3.05) is 13.2 Å². The number of ether oxygens (including phenoxy) is 2. The van der Waals surface area contributed by atoms with Gasteiger partial charge in [0.1, 0.15) is 5.78 Å². The fourth-order valence-corrected chi connectivity index (χ4v) is 8.07. The first kappa shape index (κ1) is 17.4. The van der Waals surface area contributed by atoms with Crippen LogP contribution in [-0.4, -0.2) is 24.8 Å². The summed E-state index contributed by atoms with van der Waals surface area (Å²) in [7, 11) is 0. The summed E-state index contributed by atoms with van der Waals surface area (Å²) >= 11 is 0. The van der Waals surface area contributed by atoms with Gasteiger partial charge in [-0.25, -0.2) is 0 Å². The molecule has 5 aliphatic rings. The number of ketones is 1. The number of allylic oxidation sites excluding steroid dienone is 2. The smallest absolute Gasteiger partial charge is 0.169 e. The summed E-state index contributed by atoms with van der Waals surface area (Å²) in [6, 6.07) is 0. The van der Waals surface area contributed by atoms with E-state index in [0.717, 1.165) is 50.2 Å². The lowest BCUT2D eigenvalue weighted by Crippen LogP contribution is -2.53. The first-order chi connectivity index (χ1) is 12.4. The quantitative estimate of drug-likeness (QED) is 0.626. The van der Waals surface area contributed by atoms with Gasteiger partial charge >= 0.3 is 0 Å². The van der Waals surface area contributed by atoms with Gasteiger partial charge in [-0.2, -0.15) is 0 Å². The number of hydrogen-bond acceptors (Lipinski definition) is 3. The van der Waals surface area contributed by atoms with Crippen molar-refractivity contribution in [3.8, 4) is 0 Å². The van der Waals surface area contributed by atoms with Gasteiger partial charge in [-0.3, -0.25) is 4.79 Å². The molecule has 1 heterocycles. The summed E-state index contributed by atoms with van der Waals surface area (Å²) in [6.45, 7) is 8.70. The maximum Gasteiger partial charge on any atom is 0.169 e. The van der Waals surface area contributed by atoms with Crippen LogP contribution < -0.4 is 0 Å². The van der Waals surface area contributed by atoms with Crippen LogP contribution in [-0.2, 0) is 14.3 Å². The van der Waals surface area contributed by atoms with Crippen LogP contribution in [0.5, 0.6) is 0 Å². The Morgan fingerprint density at radius 1 is 1.00 bits per heavy atom. The minimum atomic E-state index is -0.368. The lowest BCUT2D eigenvalue weighted by Gasteiger charge is -2.58. The number of fused-ring (bicyclic) bond motifs is 5. The van der Waals surface area contributed by atoms with Crippen LogP contribution in [0.1, 0.15) is 72.1 Å². The molecule has 144 valence electrons. The Kier molecular flexibility index (Phi) is 3.80. The summed E-state index contributed by atoms with van der Waals surface area (Å²) in [5.41, 5.74) is 2.09. The van der Waals surface area contributed by atoms with Crippen LogP contribution in [0.15, 0.2) is 11.6 Å². The van der Waals surface area contributed by atoms with Crippen LogP contribution in [0.4, 0.5) is 0 Å². The van der Waals surface area contributed by atoms with E-state index in [9.17, 15) is 4.79 Å². The highest BCUT2D eigenvalue weighted by Gasteiger charge is 2.62. The Balaban J connectivity index is 1.46. The number of hydrogen-bond donors (Lipinski definition) is 0. The molecule has 0 aromatic rings. The van der Waals surface area contributed by atoms with Crippen molar-refractivity contribution >= 4 is 5.78 Å². The fourth-order valence-electron chi connectivity index (χ4n) is 8.07. The third-order valence-electron chi connectivity index (χ3n) is 9.43. The summed E-state index contributed by atoms with van der Waals surface area (Å²) in [5, 5.41) is 0. The number of carbonyl (C=O) groups is 1. The van der Waals surface area contributed by atoms with Crippen molar-refractivity contribution in [2.45, 2.75) is 77.9 Å². The topological polar surface area (TPSA) is 35.5 Å². The van der Waals surface area contributed by atoms with Crippen LogP contribution in [0, 0.1) is 34.5 Å². The lowest BCUT2D eigenvalue weighted by atomic mass is 9.47. The van der Waals surface area contributed by atoms with Crippen LogP contribution in [0.2, 0.25) is 0 Å². The van der Waals surface area contributed by atoms with Crippen molar-refractivity contribution in [1.82, 2.24) is 0 Å². The minimum Gasteiger partial charge on any atom is -0.348 e. The molecular weight excluding hydrogens is 324 g/mol. The van der Waals surface area contributed by atoms with E-state index in [1.165, 1.54) is 37.7 Å². The zero-order valence-corrected chi connectivity index (χ0v) is 16.7. The molecular formula is C23H34O3. The Hall–Kier alpha value is -0.670. The van der Waals surface area contributed by atoms with Gasteiger partial charge in [-0.15, -0.1) is 0 Å². The fraction of sp³-hybridized carbons (Fsp3) is 0.870. The van der Waals surface area contributed by atoms with Gasteiger partial charge in [0.05, 0.1) is 13.2 Å². The van der Waals surface area contributed by atoms with E-state index >= 15 is 0 Å². The Bertz CT molecular complexity index is 646. The average molecular weight is 359 g/mol. The zero-order valence-electron chi connectivity index (χ0n) is 16.7. The molecule has 0 spiro atoms. The van der Waals surface area contributed by atoms with Crippen LogP contribution in [0.25, 0.3) is 0 Å². The second-order valence-corrected chi connectivity index (χ2v) is 10.4. The highest BCUT2D eigenvalue weighted by Crippen LogP contribution is 2.67. The monoisotopic (exact) mass is 358 g/mol. The zero-order chi connectivity index (χ0) is 18.2. The standard InChI is InChI=1S/C23H34O3/c1-21-10-8-16(24)14-15(21)4-5-17-18-6-7-20(23(3)25-12-13-26-23)22(18,2)11-9-19(17)21/h4,17-20H,5-14H2,1-3H3/t17-,18?,19?,20-,21-,22-/m0/s1. The molecule has 26 heavy (non-hydrogen) atoms. The van der Waals surface area contributed by atoms with Crippen LogP contribution >= 0.6 is 0 Å². The highest BCUT2D eigenvalue weighted by molar-refractivity contribution is 5.82. The van der Waals surface area contributed by atoms with Gasteiger partial charge in [0, 0.05) is 18.8 Å². The van der Waals surface area contributed by atoms with Crippen LogP contribution in [0.3, 0.4) is 0 Å². The van der Waals surface area contributed by atoms with Crippen molar-refractivity contribution in [2.24, 2.45) is 34.5 Å². The van der Waals surface area contributed by atoms with Gasteiger partial charge in [-0.05, 0) is 74.0 Å². The van der Waals surface area contributed by atoms with E-state index in [-0.39, 0.29) is 11.2 Å². The van der Waals surface area contributed by atoms with Crippen molar-refractivity contribution in [3.63, 3.8) is 0 Å². The van der Waals surface area contributed by atoms with E-state index in [0.29, 0.717) is 17.1 Å². The Morgan fingerprint density at radius 2 is 1.77 bits per heavy atom. The van der Waals surface area contributed by atoms with Crippen molar-refractivity contribution in [1.29, 1.82) is 0 Å². The lowest BCUT2D eigenvalue weighted by molar-refractivity contribution is -0.214. The third kappa shape index (κ3) is 2.22. The van der Waals surface area contributed by atoms with Gasteiger partial charge in [0.15, 0.2) is 5.79 Å². The van der Waals surface area contributed by atoms with E-state index in [1.54, 1.807) is 0 Å². The Morgan fingerprint density at radius 3 is 2.54 bits per heavy atom. The molecule has 3 nitrogen and oxygen atoms in total. The summed E-state index contributed by atoms with van der Waals surface area (Å²) in [5.74, 6) is 2.94. The molecule has 0 radical (unpaired) electrons. The van der Waals surface area contributed by atoms with Gasteiger partial charge in [0.2, 0.25) is 0 Å². The SMILES string of the molecule is CC1([C@H]2CCC3[C@@H]4CC=C5CC(=O)CC[C@]5(C)C4CC[C@@]32C)OCCO1. The van der Waals surface area contributed by atoms with E-state index in [4.69, 9.17) is 9.47 Å². The van der Waals surface area contributed by atoms with E-state index < -0.39 is 0 Å². The molecule has 0 bridgehead atoms. The molecule has 0 amide bonds. The molecule has 0 aromatic heterocycles. The van der Waals surface area contributed by atoms with Gasteiger partial charge < -0.3 is 9.47 Å². The molecule has 6 atom stereocenters. The highest BCUT2D eigenvalue weighted by atomic mass is 16.7.